The van der Waals surface area contributed by atoms with Crippen LogP contribution in [0.2, 0.25) is 6.04 Å². The fourth-order valence-electron chi connectivity index (χ4n) is 3.62. The molecule has 2 N–H and O–H groups in total. The summed E-state index contributed by atoms with van der Waals surface area (Å²) in [6.45, 7) is 2.58. The van der Waals surface area contributed by atoms with Gasteiger partial charge in [0.15, 0.2) is 0 Å². The van der Waals surface area contributed by atoms with Crippen LogP contribution in [0.5, 0.6) is 0 Å². The van der Waals surface area contributed by atoms with Crippen molar-refractivity contribution in [3.8, 4) is 0 Å². The average Bonchev–Trinajstić information content (AvgIpc) is 2.75. The van der Waals surface area contributed by atoms with Crippen molar-refractivity contribution >= 4 is 24.6 Å². The first-order chi connectivity index (χ1) is 13.7. The highest BCUT2D eigenvalue weighted by Gasteiger charge is 2.39. The first-order valence-corrected chi connectivity index (χ1v) is 11.9. The van der Waals surface area contributed by atoms with E-state index in [2.05, 4.69) is 55.5 Å². The summed E-state index contributed by atoms with van der Waals surface area (Å²) in [4.78, 5) is 11.8. The number of hydrogen-bond acceptors (Lipinski definition) is 2. The third-order valence-electron chi connectivity index (χ3n) is 5.12. The summed E-state index contributed by atoms with van der Waals surface area (Å²) < 4.78 is 6.81. The Labute approximate surface area is 168 Å². The van der Waals surface area contributed by atoms with Gasteiger partial charge in [0.2, 0.25) is 5.91 Å². The predicted octanol–water partition coefficient (Wildman–Crippen LogP) is 3.86. The highest BCUT2D eigenvalue weighted by atomic mass is 28.4. The van der Waals surface area contributed by atoms with Crippen LogP contribution >= 0.6 is 0 Å². The van der Waals surface area contributed by atoms with Gasteiger partial charge in [-0.1, -0.05) is 98.6 Å². The maximum Gasteiger partial charge on any atom is 0.256 e. The minimum Gasteiger partial charge on any atom is -0.404 e. The Morgan fingerprint density at radius 3 is 1.93 bits per heavy atom. The van der Waals surface area contributed by atoms with Gasteiger partial charge in [0.25, 0.3) is 8.32 Å². The van der Waals surface area contributed by atoms with E-state index in [9.17, 15) is 4.79 Å². The van der Waals surface area contributed by atoms with Gasteiger partial charge >= 0.3 is 0 Å². The normalized spacial score (nSPS) is 11.3. The van der Waals surface area contributed by atoms with E-state index in [1.54, 1.807) is 6.07 Å². The third-order valence-corrected chi connectivity index (χ3v) is 9.35. The molecule has 3 aromatic carbocycles. The van der Waals surface area contributed by atoms with Crippen LogP contribution < -0.4 is 16.1 Å². The smallest absolute Gasteiger partial charge is 0.256 e. The molecular weight excluding hydrogens is 362 g/mol. The van der Waals surface area contributed by atoms with E-state index in [4.69, 9.17) is 10.2 Å². The molecule has 0 aromatic heterocycles. The second kappa shape index (κ2) is 9.49. The fraction of sp³-hybridized carbons (Fsp3) is 0.208. The van der Waals surface area contributed by atoms with E-state index in [0.29, 0.717) is 12.2 Å². The molecule has 0 aliphatic carbocycles. The molecule has 0 unspecified atom stereocenters. The number of amides is 1. The van der Waals surface area contributed by atoms with Crippen LogP contribution in [-0.4, -0.2) is 14.2 Å². The van der Waals surface area contributed by atoms with E-state index in [1.165, 1.54) is 10.4 Å². The van der Waals surface area contributed by atoms with Crippen LogP contribution in [-0.2, 0) is 11.0 Å². The van der Waals surface area contributed by atoms with Gasteiger partial charge in [0.05, 0.1) is 6.61 Å². The molecular formula is C24H27NO2Si. The number of hydrogen-bond donors (Lipinski definition) is 1. The minimum absolute atomic E-state index is 0.374. The minimum atomic E-state index is -2.46. The van der Waals surface area contributed by atoms with Crippen molar-refractivity contribution in [2.24, 2.45) is 5.73 Å². The Hall–Kier alpha value is -2.69. The van der Waals surface area contributed by atoms with Crippen molar-refractivity contribution < 1.29 is 9.22 Å². The van der Waals surface area contributed by atoms with Crippen molar-refractivity contribution in [3.63, 3.8) is 0 Å². The number of carbonyl (C=O) groups is 1. The number of rotatable bonds is 9. The Balaban J connectivity index is 2.04. The van der Waals surface area contributed by atoms with Gasteiger partial charge in [-0.05, 0) is 28.0 Å². The molecule has 0 heterocycles. The van der Waals surface area contributed by atoms with Crippen LogP contribution in [0.3, 0.4) is 0 Å². The van der Waals surface area contributed by atoms with Crippen LogP contribution in [0.1, 0.15) is 35.7 Å². The van der Waals surface area contributed by atoms with Gasteiger partial charge in [-0.15, -0.1) is 0 Å². The van der Waals surface area contributed by atoms with Gasteiger partial charge in [0.1, 0.15) is 0 Å². The number of nitrogens with two attached hydrogens (primary N) is 1. The molecule has 0 fully saturated rings. The molecule has 1 amide bonds. The zero-order valence-corrected chi connectivity index (χ0v) is 17.3. The molecule has 0 spiro atoms. The standard InChI is InChI=1S/C24H27NO2Si/c1-2-3-18-28(21-13-6-4-7-14-21,22-15-8-5-9-16-22)27-19-20-12-10-11-17-23(20)24(25)26/h4-17H,2-3,18-19H2,1H3,(H2,25,26). The van der Waals surface area contributed by atoms with Crippen molar-refractivity contribution in [2.45, 2.75) is 32.4 Å². The molecule has 28 heavy (non-hydrogen) atoms. The largest absolute Gasteiger partial charge is 0.404 e. The lowest BCUT2D eigenvalue weighted by Gasteiger charge is -2.33. The molecule has 0 bridgehead atoms. The van der Waals surface area contributed by atoms with E-state index in [0.717, 1.165) is 24.4 Å². The highest BCUT2D eigenvalue weighted by Crippen LogP contribution is 2.20. The monoisotopic (exact) mass is 389 g/mol. The molecule has 0 aliphatic rings. The van der Waals surface area contributed by atoms with E-state index >= 15 is 0 Å². The van der Waals surface area contributed by atoms with E-state index < -0.39 is 14.2 Å². The van der Waals surface area contributed by atoms with Gasteiger partial charge in [-0.3, -0.25) is 4.79 Å². The zero-order chi connectivity index (χ0) is 19.8. The molecule has 0 atom stereocenters. The number of unbranched alkanes of at least 4 members (excludes halogenated alkanes) is 1. The molecule has 3 nitrogen and oxygen atoms in total. The lowest BCUT2D eigenvalue weighted by Crippen LogP contribution is -2.60. The Bertz CT molecular complexity index is 857. The van der Waals surface area contributed by atoms with Crippen molar-refractivity contribution in [2.75, 3.05) is 0 Å². The molecule has 0 saturated carbocycles. The third kappa shape index (κ3) is 4.41. The van der Waals surface area contributed by atoms with Crippen LogP contribution in [0, 0.1) is 0 Å². The second-order valence-electron chi connectivity index (χ2n) is 6.97. The summed E-state index contributed by atoms with van der Waals surface area (Å²) in [5, 5.41) is 2.51. The van der Waals surface area contributed by atoms with Gasteiger partial charge < -0.3 is 10.2 Å². The highest BCUT2D eigenvalue weighted by molar-refractivity contribution is 6.97. The molecule has 0 radical (unpaired) electrons. The lowest BCUT2D eigenvalue weighted by molar-refractivity contribution is 0.0997. The van der Waals surface area contributed by atoms with Crippen molar-refractivity contribution in [1.29, 1.82) is 0 Å². The summed E-state index contributed by atoms with van der Waals surface area (Å²) >= 11 is 0. The van der Waals surface area contributed by atoms with Crippen LogP contribution in [0.4, 0.5) is 0 Å². The maximum atomic E-state index is 11.8. The summed E-state index contributed by atoms with van der Waals surface area (Å²) in [5.41, 5.74) is 6.95. The second-order valence-corrected chi connectivity index (χ2v) is 10.6. The lowest BCUT2D eigenvalue weighted by atomic mass is 10.1. The van der Waals surface area contributed by atoms with Gasteiger partial charge in [0, 0.05) is 5.56 Å². The Kier molecular flexibility index (Phi) is 6.79. The average molecular weight is 390 g/mol. The number of primary amides is 1. The summed E-state index contributed by atoms with van der Waals surface area (Å²) in [6.07, 6.45) is 2.20. The molecule has 144 valence electrons. The maximum absolute atomic E-state index is 11.8. The van der Waals surface area contributed by atoms with Crippen LogP contribution in [0.25, 0.3) is 0 Å². The van der Waals surface area contributed by atoms with Crippen molar-refractivity contribution in [1.82, 2.24) is 0 Å². The van der Waals surface area contributed by atoms with Gasteiger partial charge in [-0.2, -0.15) is 0 Å². The SMILES string of the molecule is CCCC[Si](OCc1ccccc1C(N)=O)(c1ccccc1)c1ccccc1. The first kappa shape index (κ1) is 20.1. The van der Waals surface area contributed by atoms with E-state index in [1.807, 2.05) is 30.3 Å². The number of carbonyl (C=O) groups excluding carboxylic acids is 1. The molecule has 3 aromatic rings. The quantitative estimate of drug-likeness (QED) is 0.565. The first-order valence-electron chi connectivity index (χ1n) is 9.80. The Morgan fingerprint density at radius 1 is 0.857 bits per heavy atom. The van der Waals surface area contributed by atoms with Gasteiger partial charge in [-0.25, -0.2) is 0 Å². The van der Waals surface area contributed by atoms with Crippen LogP contribution in [0.15, 0.2) is 84.9 Å². The molecule has 0 saturated heterocycles. The number of benzene rings is 3. The molecule has 4 heteroatoms. The zero-order valence-electron chi connectivity index (χ0n) is 16.3. The summed E-state index contributed by atoms with van der Waals surface area (Å²) in [5.74, 6) is -0.417. The Morgan fingerprint density at radius 2 is 1.39 bits per heavy atom. The fourth-order valence-corrected chi connectivity index (χ4v) is 7.73. The predicted molar refractivity (Wildman–Crippen MR) is 117 cm³/mol. The summed E-state index contributed by atoms with van der Waals surface area (Å²) in [6, 6.07) is 29.5. The van der Waals surface area contributed by atoms with E-state index in [-0.39, 0.29) is 0 Å². The molecule has 3 rings (SSSR count). The molecule has 0 aliphatic heterocycles. The topological polar surface area (TPSA) is 52.3 Å². The summed E-state index contributed by atoms with van der Waals surface area (Å²) in [7, 11) is -2.46. The van der Waals surface area contributed by atoms with Crippen molar-refractivity contribution in [3.05, 3.63) is 96.1 Å².